The molecule has 1 aromatic carbocycles. The maximum absolute atomic E-state index is 6.23. The highest BCUT2D eigenvalue weighted by Gasteiger charge is 2.09. The monoisotopic (exact) mass is 246 g/mol. The van der Waals surface area contributed by atoms with Gasteiger partial charge in [-0.2, -0.15) is 0 Å². The largest absolute Gasteiger partial charge is 0.320 e. The van der Waals surface area contributed by atoms with E-state index >= 15 is 0 Å². The van der Waals surface area contributed by atoms with Gasteiger partial charge in [0.2, 0.25) is 0 Å². The molecule has 0 aliphatic carbocycles. The Balaban J connectivity index is 2.36. The summed E-state index contributed by atoms with van der Waals surface area (Å²) in [4.78, 5) is 4.35. The second-order valence-corrected chi connectivity index (χ2v) is 4.65. The molecular formula is C14H15ClN2. The lowest BCUT2D eigenvalue weighted by Crippen LogP contribution is -2.12. The summed E-state index contributed by atoms with van der Waals surface area (Å²) in [5.74, 6) is 0. The van der Waals surface area contributed by atoms with Gasteiger partial charge in [-0.15, -0.1) is 0 Å². The van der Waals surface area contributed by atoms with Crippen LogP contribution < -0.4 is 5.73 Å². The Morgan fingerprint density at radius 2 is 1.53 bits per heavy atom. The Labute approximate surface area is 106 Å². The number of nitrogens with zero attached hydrogens (tertiary/aromatic N) is 1. The number of aryl methyl sites for hydroxylation is 2. The SMILES string of the molecule is Cc1cc(C(N)c2ccc(Cl)cc2)cc(C)n1. The minimum Gasteiger partial charge on any atom is -0.320 e. The third kappa shape index (κ3) is 2.84. The second-order valence-electron chi connectivity index (χ2n) is 4.21. The van der Waals surface area contributed by atoms with E-state index in [2.05, 4.69) is 4.98 Å². The summed E-state index contributed by atoms with van der Waals surface area (Å²) in [6.07, 6.45) is 0. The van der Waals surface area contributed by atoms with Gasteiger partial charge in [0.15, 0.2) is 0 Å². The van der Waals surface area contributed by atoms with Crippen molar-refractivity contribution in [3.8, 4) is 0 Å². The van der Waals surface area contributed by atoms with Crippen molar-refractivity contribution in [3.05, 3.63) is 63.9 Å². The fourth-order valence-corrected chi connectivity index (χ4v) is 2.03. The molecule has 2 rings (SSSR count). The summed E-state index contributed by atoms with van der Waals surface area (Å²) < 4.78 is 0. The molecule has 0 saturated carbocycles. The predicted molar refractivity (Wildman–Crippen MR) is 71.2 cm³/mol. The maximum atomic E-state index is 6.23. The first-order valence-electron chi connectivity index (χ1n) is 5.52. The standard InChI is InChI=1S/C14H15ClN2/c1-9-7-12(8-10(2)17-9)14(16)11-3-5-13(15)6-4-11/h3-8,14H,16H2,1-2H3. The molecule has 0 amide bonds. The zero-order valence-corrected chi connectivity index (χ0v) is 10.7. The van der Waals surface area contributed by atoms with Crippen LogP contribution in [0.4, 0.5) is 0 Å². The summed E-state index contributed by atoms with van der Waals surface area (Å²) in [5.41, 5.74) is 10.3. The minimum atomic E-state index is -0.132. The number of nitrogens with two attached hydrogens (primary N) is 1. The molecule has 17 heavy (non-hydrogen) atoms. The number of rotatable bonds is 2. The van der Waals surface area contributed by atoms with E-state index in [9.17, 15) is 0 Å². The second kappa shape index (κ2) is 4.86. The number of benzene rings is 1. The lowest BCUT2D eigenvalue weighted by molar-refractivity contribution is 0.860. The normalized spacial score (nSPS) is 12.5. The average Bonchev–Trinajstić information content (AvgIpc) is 2.28. The lowest BCUT2D eigenvalue weighted by Gasteiger charge is -2.14. The average molecular weight is 247 g/mol. The van der Waals surface area contributed by atoms with Crippen molar-refractivity contribution >= 4 is 11.6 Å². The van der Waals surface area contributed by atoms with E-state index in [0.29, 0.717) is 0 Å². The fraction of sp³-hybridized carbons (Fsp3) is 0.214. The van der Waals surface area contributed by atoms with E-state index in [4.69, 9.17) is 17.3 Å². The van der Waals surface area contributed by atoms with Crippen molar-refractivity contribution in [2.45, 2.75) is 19.9 Å². The first-order chi connectivity index (χ1) is 8.06. The van der Waals surface area contributed by atoms with E-state index in [-0.39, 0.29) is 6.04 Å². The minimum absolute atomic E-state index is 0.132. The van der Waals surface area contributed by atoms with Gasteiger partial charge in [-0.1, -0.05) is 23.7 Å². The van der Waals surface area contributed by atoms with Gasteiger partial charge in [0.25, 0.3) is 0 Å². The molecule has 1 atom stereocenters. The Kier molecular flexibility index (Phi) is 3.46. The van der Waals surface area contributed by atoms with Crippen molar-refractivity contribution in [2.75, 3.05) is 0 Å². The summed E-state index contributed by atoms with van der Waals surface area (Å²) >= 11 is 5.86. The number of hydrogen-bond acceptors (Lipinski definition) is 2. The van der Waals surface area contributed by atoms with Crippen molar-refractivity contribution in [2.24, 2.45) is 5.73 Å². The highest BCUT2D eigenvalue weighted by Crippen LogP contribution is 2.22. The van der Waals surface area contributed by atoms with Crippen LogP contribution >= 0.6 is 11.6 Å². The third-order valence-corrected chi connectivity index (χ3v) is 2.94. The van der Waals surface area contributed by atoms with Crippen LogP contribution in [0, 0.1) is 13.8 Å². The molecule has 2 aromatic rings. The smallest absolute Gasteiger partial charge is 0.0552 e. The molecule has 0 fully saturated rings. The van der Waals surface area contributed by atoms with Crippen LogP contribution in [0.1, 0.15) is 28.6 Å². The molecule has 2 N–H and O–H groups in total. The van der Waals surface area contributed by atoms with Crippen LogP contribution in [0.25, 0.3) is 0 Å². The third-order valence-electron chi connectivity index (χ3n) is 2.69. The molecule has 1 unspecified atom stereocenters. The highest BCUT2D eigenvalue weighted by molar-refractivity contribution is 6.30. The van der Waals surface area contributed by atoms with Crippen LogP contribution in [0.3, 0.4) is 0 Å². The van der Waals surface area contributed by atoms with Gasteiger partial charge >= 0.3 is 0 Å². The molecule has 0 saturated heterocycles. The van der Waals surface area contributed by atoms with Gasteiger partial charge in [-0.05, 0) is 49.2 Å². The molecular weight excluding hydrogens is 232 g/mol. The zero-order valence-electron chi connectivity index (χ0n) is 9.94. The quantitative estimate of drug-likeness (QED) is 0.882. The summed E-state index contributed by atoms with van der Waals surface area (Å²) in [6, 6.07) is 11.5. The first-order valence-corrected chi connectivity index (χ1v) is 5.90. The van der Waals surface area contributed by atoms with Crippen molar-refractivity contribution in [1.29, 1.82) is 0 Å². The number of aromatic nitrogens is 1. The van der Waals surface area contributed by atoms with Gasteiger partial charge in [0, 0.05) is 16.4 Å². The number of halogens is 1. The Hall–Kier alpha value is -1.38. The summed E-state index contributed by atoms with van der Waals surface area (Å²) in [6.45, 7) is 3.95. The molecule has 1 aromatic heterocycles. The molecule has 3 heteroatoms. The molecule has 0 radical (unpaired) electrons. The molecule has 0 bridgehead atoms. The fourth-order valence-electron chi connectivity index (χ4n) is 1.91. The topological polar surface area (TPSA) is 38.9 Å². The Bertz CT molecular complexity index is 500. The van der Waals surface area contributed by atoms with Crippen LogP contribution in [0.15, 0.2) is 36.4 Å². The first kappa shape index (κ1) is 12.1. The van der Waals surface area contributed by atoms with Gasteiger partial charge in [-0.3, -0.25) is 4.98 Å². The Morgan fingerprint density at radius 3 is 2.06 bits per heavy atom. The van der Waals surface area contributed by atoms with Gasteiger partial charge in [-0.25, -0.2) is 0 Å². The van der Waals surface area contributed by atoms with Crippen LogP contribution in [0.2, 0.25) is 5.02 Å². The maximum Gasteiger partial charge on any atom is 0.0552 e. The molecule has 0 aliphatic rings. The number of pyridine rings is 1. The van der Waals surface area contributed by atoms with E-state index in [1.807, 2.05) is 50.2 Å². The summed E-state index contributed by atoms with van der Waals surface area (Å²) in [5, 5.41) is 0.725. The van der Waals surface area contributed by atoms with E-state index in [0.717, 1.165) is 27.5 Å². The highest BCUT2D eigenvalue weighted by atomic mass is 35.5. The van der Waals surface area contributed by atoms with E-state index in [1.54, 1.807) is 0 Å². The van der Waals surface area contributed by atoms with E-state index < -0.39 is 0 Å². The van der Waals surface area contributed by atoms with Gasteiger partial charge in [0.1, 0.15) is 0 Å². The van der Waals surface area contributed by atoms with Crippen molar-refractivity contribution in [3.63, 3.8) is 0 Å². The van der Waals surface area contributed by atoms with Crippen LogP contribution in [-0.2, 0) is 0 Å². The summed E-state index contributed by atoms with van der Waals surface area (Å²) in [7, 11) is 0. The predicted octanol–water partition coefficient (Wildman–Crippen LogP) is 3.40. The Morgan fingerprint density at radius 1 is 1.00 bits per heavy atom. The molecule has 2 nitrogen and oxygen atoms in total. The van der Waals surface area contributed by atoms with Crippen LogP contribution in [-0.4, -0.2) is 4.98 Å². The molecule has 0 spiro atoms. The number of hydrogen-bond donors (Lipinski definition) is 1. The lowest BCUT2D eigenvalue weighted by atomic mass is 9.99. The van der Waals surface area contributed by atoms with Gasteiger partial charge < -0.3 is 5.73 Å². The molecule has 1 heterocycles. The van der Waals surface area contributed by atoms with Crippen molar-refractivity contribution in [1.82, 2.24) is 4.98 Å². The van der Waals surface area contributed by atoms with E-state index in [1.165, 1.54) is 0 Å². The molecule has 88 valence electrons. The van der Waals surface area contributed by atoms with Gasteiger partial charge in [0.05, 0.1) is 6.04 Å². The van der Waals surface area contributed by atoms with Crippen LogP contribution in [0.5, 0.6) is 0 Å². The molecule has 0 aliphatic heterocycles. The van der Waals surface area contributed by atoms with Crippen molar-refractivity contribution < 1.29 is 0 Å². The zero-order chi connectivity index (χ0) is 12.4.